The highest BCUT2D eigenvalue weighted by Gasteiger charge is 2.24. The number of nitrogens with zero attached hydrogens (tertiary/aromatic N) is 1. The van der Waals surface area contributed by atoms with Gasteiger partial charge in [0, 0.05) is 17.6 Å². The van der Waals surface area contributed by atoms with E-state index in [1.54, 1.807) is 6.20 Å². The molecule has 0 unspecified atom stereocenters. The molecule has 0 aliphatic heterocycles. The molecule has 0 spiro atoms. The third-order valence-electron chi connectivity index (χ3n) is 2.79. The van der Waals surface area contributed by atoms with Crippen molar-refractivity contribution in [2.45, 2.75) is 18.9 Å². The maximum Gasteiger partial charge on any atom is 0.253 e. The molecule has 3 heteroatoms. The van der Waals surface area contributed by atoms with Crippen LogP contribution in [0.25, 0.3) is 10.9 Å². The Balaban J connectivity index is 2.04. The second-order valence-corrected chi connectivity index (χ2v) is 4.13. The first-order valence-electron chi connectivity index (χ1n) is 5.49. The summed E-state index contributed by atoms with van der Waals surface area (Å²) in [7, 11) is 0. The van der Waals surface area contributed by atoms with Gasteiger partial charge in [-0.1, -0.05) is 18.2 Å². The first-order chi connectivity index (χ1) is 7.84. The molecule has 1 aromatic heterocycles. The topological polar surface area (TPSA) is 42.0 Å². The van der Waals surface area contributed by atoms with Crippen LogP contribution in [0.4, 0.5) is 0 Å². The van der Waals surface area contributed by atoms with Crippen molar-refractivity contribution in [2.24, 2.45) is 0 Å². The quantitative estimate of drug-likeness (QED) is 0.828. The Morgan fingerprint density at radius 3 is 2.88 bits per heavy atom. The van der Waals surface area contributed by atoms with E-state index in [0.717, 1.165) is 23.7 Å². The maximum absolute atomic E-state index is 12.0. The van der Waals surface area contributed by atoms with Gasteiger partial charge in [0.1, 0.15) is 0 Å². The van der Waals surface area contributed by atoms with Crippen molar-refractivity contribution >= 4 is 16.8 Å². The average Bonchev–Trinajstić information content (AvgIpc) is 3.12. The zero-order chi connectivity index (χ0) is 11.0. The highest BCUT2D eigenvalue weighted by atomic mass is 16.1. The molecular formula is C13H12N2O. The van der Waals surface area contributed by atoms with Gasteiger partial charge in [0.25, 0.3) is 5.91 Å². The Morgan fingerprint density at radius 1 is 1.25 bits per heavy atom. The fourth-order valence-electron chi connectivity index (χ4n) is 1.78. The highest BCUT2D eigenvalue weighted by molar-refractivity contribution is 6.05. The van der Waals surface area contributed by atoms with Gasteiger partial charge in [0.05, 0.1) is 11.1 Å². The number of fused-ring (bicyclic) bond motifs is 1. The lowest BCUT2D eigenvalue weighted by Crippen LogP contribution is -2.25. The molecule has 0 bridgehead atoms. The van der Waals surface area contributed by atoms with Crippen molar-refractivity contribution < 1.29 is 4.79 Å². The van der Waals surface area contributed by atoms with E-state index in [1.807, 2.05) is 30.3 Å². The van der Waals surface area contributed by atoms with Crippen molar-refractivity contribution in [3.63, 3.8) is 0 Å². The zero-order valence-corrected chi connectivity index (χ0v) is 8.81. The molecule has 3 rings (SSSR count). The molecule has 1 aliphatic rings. The largest absolute Gasteiger partial charge is 0.349 e. The fraction of sp³-hybridized carbons (Fsp3) is 0.231. The van der Waals surface area contributed by atoms with Crippen molar-refractivity contribution in [2.75, 3.05) is 0 Å². The number of carbonyl (C=O) groups is 1. The number of para-hydroxylation sites is 1. The molecule has 0 saturated heterocycles. The minimum absolute atomic E-state index is 0.00759. The van der Waals surface area contributed by atoms with Crippen LogP contribution in [0.3, 0.4) is 0 Å². The van der Waals surface area contributed by atoms with Gasteiger partial charge in [-0.2, -0.15) is 0 Å². The zero-order valence-electron chi connectivity index (χ0n) is 8.81. The summed E-state index contributed by atoms with van der Waals surface area (Å²) < 4.78 is 0. The van der Waals surface area contributed by atoms with Gasteiger partial charge in [-0.15, -0.1) is 0 Å². The molecule has 1 fully saturated rings. The molecule has 2 aromatic rings. The van der Waals surface area contributed by atoms with Crippen molar-refractivity contribution in [3.8, 4) is 0 Å². The van der Waals surface area contributed by atoms with Crippen LogP contribution in [-0.4, -0.2) is 16.9 Å². The number of hydrogen-bond acceptors (Lipinski definition) is 2. The Morgan fingerprint density at radius 2 is 2.06 bits per heavy atom. The third kappa shape index (κ3) is 1.65. The Kier molecular flexibility index (Phi) is 2.10. The van der Waals surface area contributed by atoms with E-state index < -0.39 is 0 Å². The second kappa shape index (κ2) is 3.59. The van der Waals surface area contributed by atoms with E-state index in [1.165, 1.54) is 0 Å². The number of benzene rings is 1. The maximum atomic E-state index is 12.0. The molecule has 1 saturated carbocycles. The molecule has 0 radical (unpaired) electrons. The third-order valence-corrected chi connectivity index (χ3v) is 2.79. The van der Waals surface area contributed by atoms with Gasteiger partial charge in [0.2, 0.25) is 0 Å². The predicted molar refractivity (Wildman–Crippen MR) is 62.2 cm³/mol. The molecule has 3 nitrogen and oxygen atoms in total. The second-order valence-electron chi connectivity index (χ2n) is 4.13. The normalized spacial score (nSPS) is 15.0. The number of nitrogens with one attached hydrogen (secondary N) is 1. The Hall–Kier alpha value is -1.90. The summed E-state index contributed by atoms with van der Waals surface area (Å²) >= 11 is 0. The molecule has 1 N–H and O–H groups in total. The summed E-state index contributed by atoms with van der Waals surface area (Å²) in [6, 6.07) is 9.92. The SMILES string of the molecule is O=C(NC1CC1)c1cccc2cccnc12. The Bertz CT molecular complexity index is 541. The van der Waals surface area contributed by atoms with E-state index in [-0.39, 0.29) is 5.91 Å². The molecule has 1 amide bonds. The minimum atomic E-state index is -0.00759. The standard InChI is InChI=1S/C13H12N2O/c16-13(15-10-6-7-10)11-5-1-3-9-4-2-8-14-12(9)11/h1-5,8,10H,6-7H2,(H,15,16). The lowest BCUT2D eigenvalue weighted by molar-refractivity contribution is 0.0952. The number of pyridine rings is 1. The van der Waals surface area contributed by atoms with E-state index in [9.17, 15) is 4.79 Å². The Labute approximate surface area is 93.5 Å². The van der Waals surface area contributed by atoms with Gasteiger partial charge in [-0.3, -0.25) is 9.78 Å². The van der Waals surface area contributed by atoms with Gasteiger partial charge in [-0.05, 0) is 25.0 Å². The lowest BCUT2D eigenvalue weighted by atomic mass is 10.1. The first-order valence-corrected chi connectivity index (χ1v) is 5.49. The molecular weight excluding hydrogens is 200 g/mol. The molecule has 80 valence electrons. The van der Waals surface area contributed by atoms with Crippen LogP contribution >= 0.6 is 0 Å². The van der Waals surface area contributed by atoms with Crippen LogP contribution in [0, 0.1) is 0 Å². The van der Waals surface area contributed by atoms with Crippen LogP contribution in [0.2, 0.25) is 0 Å². The van der Waals surface area contributed by atoms with Crippen LogP contribution in [-0.2, 0) is 0 Å². The molecule has 1 heterocycles. The number of amides is 1. The predicted octanol–water partition coefficient (Wildman–Crippen LogP) is 2.13. The molecule has 1 aromatic carbocycles. The number of carbonyl (C=O) groups excluding carboxylic acids is 1. The van der Waals surface area contributed by atoms with Crippen molar-refractivity contribution in [1.29, 1.82) is 0 Å². The minimum Gasteiger partial charge on any atom is -0.349 e. The fourth-order valence-corrected chi connectivity index (χ4v) is 1.78. The summed E-state index contributed by atoms with van der Waals surface area (Å²) in [6.07, 6.45) is 3.92. The van der Waals surface area contributed by atoms with Crippen LogP contribution < -0.4 is 5.32 Å². The average molecular weight is 212 g/mol. The van der Waals surface area contributed by atoms with E-state index in [2.05, 4.69) is 10.3 Å². The van der Waals surface area contributed by atoms with Crippen LogP contribution in [0.15, 0.2) is 36.5 Å². The van der Waals surface area contributed by atoms with Gasteiger partial charge in [-0.25, -0.2) is 0 Å². The lowest BCUT2D eigenvalue weighted by Gasteiger charge is -2.05. The monoisotopic (exact) mass is 212 g/mol. The van der Waals surface area contributed by atoms with Crippen LogP contribution in [0.1, 0.15) is 23.2 Å². The number of hydrogen-bond donors (Lipinski definition) is 1. The summed E-state index contributed by atoms with van der Waals surface area (Å²) in [5.41, 5.74) is 1.45. The van der Waals surface area contributed by atoms with Crippen LogP contribution in [0.5, 0.6) is 0 Å². The molecule has 16 heavy (non-hydrogen) atoms. The highest BCUT2D eigenvalue weighted by Crippen LogP contribution is 2.21. The van der Waals surface area contributed by atoms with Gasteiger partial charge in [0.15, 0.2) is 0 Å². The number of rotatable bonds is 2. The molecule has 1 aliphatic carbocycles. The van der Waals surface area contributed by atoms with E-state index >= 15 is 0 Å². The van der Waals surface area contributed by atoms with E-state index in [4.69, 9.17) is 0 Å². The number of aromatic nitrogens is 1. The smallest absolute Gasteiger partial charge is 0.253 e. The first kappa shape index (κ1) is 9.33. The van der Waals surface area contributed by atoms with E-state index in [0.29, 0.717) is 11.6 Å². The van der Waals surface area contributed by atoms with Gasteiger partial charge < -0.3 is 5.32 Å². The summed E-state index contributed by atoms with van der Waals surface area (Å²) in [4.78, 5) is 16.2. The van der Waals surface area contributed by atoms with Crippen molar-refractivity contribution in [3.05, 3.63) is 42.1 Å². The summed E-state index contributed by atoms with van der Waals surface area (Å²) in [6.45, 7) is 0. The van der Waals surface area contributed by atoms with Gasteiger partial charge >= 0.3 is 0 Å². The van der Waals surface area contributed by atoms with Crippen molar-refractivity contribution in [1.82, 2.24) is 10.3 Å². The summed E-state index contributed by atoms with van der Waals surface area (Å²) in [5, 5.41) is 3.99. The molecule has 0 atom stereocenters. The summed E-state index contributed by atoms with van der Waals surface area (Å²) in [5.74, 6) is -0.00759.